The number of nitrogens with zero attached hydrogens (tertiary/aromatic N) is 4. The molecule has 0 saturated heterocycles. The largest absolute Gasteiger partial charge is 0.354 e. The zero-order valence-corrected chi connectivity index (χ0v) is 10.8. The van der Waals surface area contributed by atoms with Crippen LogP contribution in [0.15, 0.2) is 5.16 Å². The third-order valence-corrected chi connectivity index (χ3v) is 3.09. The number of ether oxygens (including phenoxy) is 2. The third-order valence-electron chi connectivity index (χ3n) is 2.04. The first-order valence-electron chi connectivity index (χ1n) is 5.19. The first kappa shape index (κ1) is 14.0. The summed E-state index contributed by atoms with van der Waals surface area (Å²) in [5.74, 6) is 3.50. The van der Waals surface area contributed by atoms with Gasteiger partial charge in [-0.15, -0.1) is 17.4 Å². The molecule has 0 radical (unpaired) electrons. The Bertz CT molecular complexity index is 359. The molecular formula is C10H16N4O2S. The van der Waals surface area contributed by atoms with Gasteiger partial charge in [0.2, 0.25) is 5.16 Å². The van der Waals surface area contributed by atoms with Crippen molar-refractivity contribution in [2.75, 3.05) is 20.0 Å². The summed E-state index contributed by atoms with van der Waals surface area (Å²) in [5, 5.41) is 12.2. The summed E-state index contributed by atoms with van der Waals surface area (Å²) in [4.78, 5) is 0. The Kier molecular flexibility index (Phi) is 6.62. The molecule has 17 heavy (non-hydrogen) atoms. The maximum Gasteiger partial charge on any atom is 0.209 e. The maximum atomic E-state index is 5.18. The summed E-state index contributed by atoms with van der Waals surface area (Å²) in [6.07, 6.45) is 6.56. The van der Waals surface area contributed by atoms with E-state index in [9.17, 15) is 0 Å². The van der Waals surface area contributed by atoms with Crippen molar-refractivity contribution >= 4 is 11.8 Å². The lowest BCUT2D eigenvalue weighted by atomic mass is 10.4. The minimum Gasteiger partial charge on any atom is -0.354 e. The molecule has 0 bridgehead atoms. The predicted octanol–water partition coefficient (Wildman–Crippen LogP) is 0.797. The Morgan fingerprint density at radius 1 is 1.47 bits per heavy atom. The number of methoxy groups -OCH3 is 2. The van der Waals surface area contributed by atoms with E-state index in [1.54, 1.807) is 30.7 Å². The van der Waals surface area contributed by atoms with Crippen LogP contribution in [0.4, 0.5) is 0 Å². The Morgan fingerprint density at radius 3 is 2.88 bits per heavy atom. The molecule has 0 aliphatic carbocycles. The van der Waals surface area contributed by atoms with Crippen LogP contribution in [0.1, 0.15) is 12.8 Å². The van der Waals surface area contributed by atoms with Crippen LogP contribution >= 0.6 is 11.8 Å². The van der Waals surface area contributed by atoms with Gasteiger partial charge in [-0.3, -0.25) is 0 Å². The van der Waals surface area contributed by atoms with Gasteiger partial charge in [-0.1, -0.05) is 11.8 Å². The second kappa shape index (κ2) is 8.06. The van der Waals surface area contributed by atoms with E-state index in [-0.39, 0.29) is 6.29 Å². The lowest BCUT2D eigenvalue weighted by Gasteiger charge is -2.13. The average Bonchev–Trinajstić information content (AvgIpc) is 2.79. The first-order chi connectivity index (χ1) is 8.31. The summed E-state index contributed by atoms with van der Waals surface area (Å²) in [7, 11) is 3.16. The van der Waals surface area contributed by atoms with Gasteiger partial charge in [-0.2, -0.15) is 0 Å². The quantitative estimate of drug-likeness (QED) is 0.297. The van der Waals surface area contributed by atoms with Crippen molar-refractivity contribution in [1.29, 1.82) is 0 Å². The molecule has 1 aromatic heterocycles. The van der Waals surface area contributed by atoms with Gasteiger partial charge in [0, 0.05) is 26.4 Å². The molecule has 0 amide bonds. The van der Waals surface area contributed by atoms with Gasteiger partial charge in [-0.25, -0.2) is 4.68 Å². The van der Waals surface area contributed by atoms with Crippen molar-refractivity contribution in [2.45, 2.75) is 30.8 Å². The molecule has 0 aliphatic heterocycles. The molecule has 0 N–H and O–H groups in total. The van der Waals surface area contributed by atoms with Crippen molar-refractivity contribution in [2.24, 2.45) is 0 Å². The van der Waals surface area contributed by atoms with Gasteiger partial charge in [0.1, 0.15) is 0 Å². The van der Waals surface area contributed by atoms with E-state index in [1.165, 1.54) is 0 Å². The van der Waals surface area contributed by atoms with Crippen LogP contribution in [0.25, 0.3) is 0 Å². The van der Waals surface area contributed by atoms with Crippen molar-refractivity contribution in [3.63, 3.8) is 0 Å². The topological polar surface area (TPSA) is 62.1 Å². The smallest absolute Gasteiger partial charge is 0.209 e. The van der Waals surface area contributed by atoms with Gasteiger partial charge < -0.3 is 9.47 Å². The van der Waals surface area contributed by atoms with Crippen LogP contribution in [-0.4, -0.2) is 46.5 Å². The number of rotatable bonds is 8. The van der Waals surface area contributed by atoms with Crippen molar-refractivity contribution in [3.8, 4) is 12.3 Å². The van der Waals surface area contributed by atoms with Crippen LogP contribution in [0.3, 0.4) is 0 Å². The fraction of sp³-hybridized carbons (Fsp3) is 0.700. The molecule has 0 aliphatic rings. The van der Waals surface area contributed by atoms with E-state index in [4.69, 9.17) is 15.9 Å². The predicted molar refractivity (Wildman–Crippen MR) is 64.4 cm³/mol. The minimum absolute atomic E-state index is 0.344. The number of hydrogen-bond donors (Lipinski definition) is 0. The highest BCUT2D eigenvalue weighted by Crippen LogP contribution is 2.15. The zero-order chi connectivity index (χ0) is 12.5. The first-order valence-corrected chi connectivity index (χ1v) is 6.18. The molecule has 0 unspecified atom stereocenters. The van der Waals surface area contributed by atoms with E-state index in [0.717, 1.165) is 23.8 Å². The van der Waals surface area contributed by atoms with Crippen LogP contribution in [0.5, 0.6) is 0 Å². The van der Waals surface area contributed by atoms with E-state index in [1.807, 2.05) is 0 Å². The Labute approximate surface area is 105 Å². The van der Waals surface area contributed by atoms with Crippen LogP contribution in [-0.2, 0) is 16.0 Å². The van der Waals surface area contributed by atoms with E-state index in [2.05, 4.69) is 21.4 Å². The van der Waals surface area contributed by atoms with E-state index in [0.29, 0.717) is 6.54 Å². The molecule has 1 rings (SSSR count). The normalized spacial score (nSPS) is 10.7. The number of terminal acetylenes is 1. The molecule has 1 heterocycles. The van der Waals surface area contributed by atoms with Crippen LogP contribution in [0, 0.1) is 12.3 Å². The fourth-order valence-electron chi connectivity index (χ4n) is 1.14. The maximum absolute atomic E-state index is 5.18. The average molecular weight is 256 g/mol. The highest BCUT2D eigenvalue weighted by Gasteiger charge is 2.12. The molecule has 1 aromatic rings. The number of tetrazole rings is 1. The summed E-state index contributed by atoms with van der Waals surface area (Å²) in [6.45, 7) is 0.470. The number of thioether (sulfide) groups is 1. The molecular weight excluding hydrogens is 240 g/mol. The lowest BCUT2D eigenvalue weighted by Crippen LogP contribution is -2.21. The molecule has 7 heteroatoms. The highest BCUT2D eigenvalue weighted by atomic mass is 32.2. The molecule has 0 aromatic carbocycles. The Hall–Kier alpha value is -1.10. The summed E-state index contributed by atoms with van der Waals surface area (Å²) in [6, 6.07) is 0. The summed E-state index contributed by atoms with van der Waals surface area (Å²) < 4.78 is 11.9. The molecule has 0 saturated carbocycles. The van der Waals surface area contributed by atoms with Gasteiger partial charge in [0.25, 0.3) is 0 Å². The van der Waals surface area contributed by atoms with E-state index < -0.39 is 0 Å². The van der Waals surface area contributed by atoms with E-state index >= 15 is 0 Å². The van der Waals surface area contributed by atoms with Gasteiger partial charge >= 0.3 is 0 Å². The number of unbranched alkanes of at least 4 members (excludes halogenated alkanes) is 1. The molecule has 94 valence electrons. The van der Waals surface area contributed by atoms with Gasteiger partial charge in [0.15, 0.2) is 6.29 Å². The number of hydrogen-bond acceptors (Lipinski definition) is 6. The van der Waals surface area contributed by atoms with Crippen molar-refractivity contribution in [3.05, 3.63) is 0 Å². The van der Waals surface area contributed by atoms with Gasteiger partial charge in [0.05, 0.1) is 6.54 Å². The summed E-state index contributed by atoms with van der Waals surface area (Å²) in [5.41, 5.74) is 0. The summed E-state index contributed by atoms with van der Waals surface area (Å²) >= 11 is 1.58. The Balaban J connectivity index is 2.45. The fourth-order valence-corrected chi connectivity index (χ4v) is 1.96. The van der Waals surface area contributed by atoms with Crippen LogP contribution in [0.2, 0.25) is 0 Å². The van der Waals surface area contributed by atoms with Gasteiger partial charge in [-0.05, 0) is 16.8 Å². The second-order valence-corrected chi connectivity index (χ2v) is 4.26. The Morgan fingerprint density at radius 2 is 2.24 bits per heavy atom. The monoisotopic (exact) mass is 256 g/mol. The molecule has 0 fully saturated rings. The SMILES string of the molecule is C#CCCCSc1nnnn1CC(OC)OC. The number of aromatic nitrogens is 4. The lowest BCUT2D eigenvalue weighted by molar-refractivity contribution is -0.113. The highest BCUT2D eigenvalue weighted by molar-refractivity contribution is 7.99. The molecule has 0 spiro atoms. The van der Waals surface area contributed by atoms with Crippen molar-refractivity contribution in [1.82, 2.24) is 20.2 Å². The van der Waals surface area contributed by atoms with Crippen molar-refractivity contribution < 1.29 is 9.47 Å². The standard InChI is InChI=1S/C10H16N4O2S/c1-4-5-6-7-17-10-11-12-13-14(10)8-9(15-2)16-3/h1,9H,5-8H2,2-3H3. The second-order valence-electron chi connectivity index (χ2n) is 3.20. The zero-order valence-electron chi connectivity index (χ0n) is 10.00. The van der Waals surface area contributed by atoms with Crippen LogP contribution < -0.4 is 0 Å². The molecule has 6 nitrogen and oxygen atoms in total. The third kappa shape index (κ3) is 4.73. The minimum atomic E-state index is -0.344. The molecule has 0 atom stereocenters.